The summed E-state index contributed by atoms with van der Waals surface area (Å²) in [6, 6.07) is 26.6. The normalized spacial score (nSPS) is 12.9. The van der Waals surface area contributed by atoms with Crippen LogP contribution in [0, 0.1) is 5.92 Å². The number of thiophene rings is 3. The molecule has 230 valence electrons. The molecule has 0 amide bonds. The van der Waals surface area contributed by atoms with Gasteiger partial charge in [0.05, 0.1) is 39.9 Å². The zero-order valence-electron chi connectivity index (χ0n) is 25.9. The van der Waals surface area contributed by atoms with Gasteiger partial charge in [0.25, 0.3) is 0 Å². The summed E-state index contributed by atoms with van der Waals surface area (Å²) in [5.74, 6) is 1.60. The predicted octanol–water partition coefficient (Wildman–Crippen LogP) is 12.4. The largest absolute Gasteiger partial charge is 0.493 e. The Balaban J connectivity index is 1.18. The molecule has 1 aliphatic heterocycles. The van der Waals surface area contributed by atoms with Gasteiger partial charge in [0, 0.05) is 38.8 Å². The Morgan fingerprint density at radius 3 is 1.80 bits per heavy atom. The predicted molar refractivity (Wildman–Crippen MR) is 199 cm³/mol. The highest BCUT2D eigenvalue weighted by molar-refractivity contribution is 8.02. The van der Waals surface area contributed by atoms with Crippen LogP contribution < -0.4 is 19.1 Å². The summed E-state index contributed by atoms with van der Waals surface area (Å²) in [6.45, 7) is 8.61. The first-order chi connectivity index (χ1) is 21.6. The molecule has 0 aliphatic carbocycles. The molecular weight excluding hydrogens is 619 g/mol. The zero-order chi connectivity index (χ0) is 30.5. The fourth-order valence-corrected chi connectivity index (χ4v) is 9.76. The lowest BCUT2D eigenvalue weighted by Crippen LogP contribution is -2.17. The molecule has 6 rings (SSSR count). The maximum absolute atomic E-state index is 6.16. The summed E-state index contributed by atoms with van der Waals surface area (Å²) in [5, 5.41) is 0. The molecule has 4 nitrogen and oxygen atoms in total. The lowest BCUT2D eigenvalue weighted by Gasteiger charge is -2.18. The van der Waals surface area contributed by atoms with Gasteiger partial charge >= 0.3 is 0 Å². The lowest BCUT2D eigenvalue weighted by molar-refractivity contribution is 0.233. The summed E-state index contributed by atoms with van der Waals surface area (Å²) in [4.78, 5) is 10.1. The van der Waals surface area contributed by atoms with Gasteiger partial charge in [0.2, 0.25) is 0 Å². The second-order valence-corrected chi connectivity index (χ2v) is 15.2. The average molecular weight is 660 g/mol. The molecular formula is C36H41N3OS4. The van der Waals surface area contributed by atoms with Gasteiger partial charge in [0.1, 0.15) is 5.75 Å². The van der Waals surface area contributed by atoms with Gasteiger partial charge in [-0.05, 0) is 90.6 Å². The van der Waals surface area contributed by atoms with Crippen LogP contribution in [0.5, 0.6) is 5.75 Å². The maximum atomic E-state index is 6.16. The summed E-state index contributed by atoms with van der Waals surface area (Å²) < 4.78 is 13.2. The molecule has 8 heteroatoms. The van der Waals surface area contributed by atoms with Gasteiger partial charge in [-0.15, -0.1) is 34.0 Å². The van der Waals surface area contributed by atoms with Crippen LogP contribution in [0.4, 0.5) is 17.1 Å². The average Bonchev–Trinajstić information content (AvgIpc) is 3.87. The van der Waals surface area contributed by atoms with Crippen LogP contribution in [0.1, 0.15) is 52.9 Å². The molecule has 2 aromatic carbocycles. The van der Waals surface area contributed by atoms with E-state index in [1.165, 1.54) is 83.1 Å². The van der Waals surface area contributed by atoms with Crippen LogP contribution in [-0.2, 0) is 0 Å². The molecule has 4 heterocycles. The van der Waals surface area contributed by atoms with Crippen molar-refractivity contribution in [2.24, 2.45) is 5.92 Å². The summed E-state index contributed by atoms with van der Waals surface area (Å²) >= 11 is 7.14. The number of hydrogen-bond acceptors (Lipinski definition) is 8. The minimum absolute atomic E-state index is 0.637. The third-order valence-electron chi connectivity index (χ3n) is 8.19. The molecule has 3 aromatic heterocycles. The van der Waals surface area contributed by atoms with Gasteiger partial charge in [-0.1, -0.05) is 52.2 Å². The van der Waals surface area contributed by atoms with Crippen LogP contribution in [0.3, 0.4) is 0 Å². The van der Waals surface area contributed by atoms with Crippen molar-refractivity contribution in [2.45, 2.75) is 52.9 Å². The second-order valence-electron chi connectivity index (χ2n) is 11.4. The maximum Gasteiger partial charge on any atom is 0.119 e. The number of nitrogens with one attached hydrogen (secondary N) is 2. The highest BCUT2D eigenvalue weighted by Crippen LogP contribution is 2.56. The molecule has 5 aromatic rings. The van der Waals surface area contributed by atoms with Crippen molar-refractivity contribution >= 4 is 63.2 Å². The van der Waals surface area contributed by atoms with E-state index in [0.717, 1.165) is 25.3 Å². The lowest BCUT2D eigenvalue weighted by atomic mass is 10.0. The number of ether oxygens (including phenoxy) is 1. The van der Waals surface area contributed by atoms with E-state index in [1.807, 2.05) is 34.0 Å². The first-order valence-corrected chi connectivity index (χ1v) is 18.9. The molecule has 0 saturated heterocycles. The SMILES string of the molecule is CCCCC(CC)COc1ccc(-c2ccc(-c3sc(-c4ccc(-c5ccc(N(C)CCC)cc5)s4)c4c3NSN4)s2)cc1. The number of unbranched alkanes of at least 4 members (excludes halogenated alkanes) is 1. The second kappa shape index (κ2) is 14.5. The third kappa shape index (κ3) is 6.84. The van der Waals surface area contributed by atoms with E-state index in [2.05, 4.69) is 115 Å². The topological polar surface area (TPSA) is 36.5 Å². The monoisotopic (exact) mass is 659 g/mol. The number of rotatable bonds is 14. The number of nitrogens with zero attached hydrogens (tertiary/aromatic N) is 1. The molecule has 0 saturated carbocycles. The number of benzene rings is 2. The summed E-state index contributed by atoms with van der Waals surface area (Å²) in [7, 11) is 2.16. The van der Waals surface area contributed by atoms with Crippen LogP contribution in [0.25, 0.3) is 40.4 Å². The molecule has 1 aliphatic rings. The van der Waals surface area contributed by atoms with Crippen molar-refractivity contribution in [3.63, 3.8) is 0 Å². The van der Waals surface area contributed by atoms with E-state index in [-0.39, 0.29) is 0 Å². The zero-order valence-corrected chi connectivity index (χ0v) is 29.2. The molecule has 0 bridgehead atoms. The van der Waals surface area contributed by atoms with Crippen molar-refractivity contribution in [2.75, 3.05) is 34.5 Å². The Morgan fingerprint density at radius 1 is 0.682 bits per heavy atom. The Bertz CT molecular complexity index is 1650. The van der Waals surface area contributed by atoms with E-state index in [1.54, 1.807) is 12.1 Å². The third-order valence-corrected chi connectivity index (χ3v) is 12.6. The van der Waals surface area contributed by atoms with Crippen LogP contribution in [0.15, 0.2) is 72.8 Å². The van der Waals surface area contributed by atoms with Gasteiger partial charge < -0.3 is 19.1 Å². The van der Waals surface area contributed by atoms with E-state index < -0.39 is 0 Å². The van der Waals surface area contributed by atoms with Gasteiger partial charge in [0.15, 0.2) is 0 Å². The minimum atomic E-state index is 0.637. The van der Waals surface area contributed by atoms with E-state index in [9.17, 15) is 0 Å². The fourth-order valence-electron chi connectivity index (χ4n) is 5.50. The molecule has 0 fully saturated rings. The van der Waals surface area contributed by atoms with Crippen molar-refractivity contribution in [1.29, 1.82) is 0 Å². The Kier molecular flexibility index (Phi) is 10.2. The highest BCUT2D eigenvalue weighted by atomic mass is 32.2. The van der Waals surface area contributed by atoms with Crippen LogP contribution in [-0.4, -0.2) is 20.2 Å². The number of hydrogen-bond donors (Lipinski definition) is 2. The minimum Gasteiger partial charge on any atom is -0.493 e. The van der Waals surface area contributed by atoms with Crippen molar-refractivity contribution in [3.05, 3.63) is 72.8 Å². The molecule has 0 radical (unpaired) electrons. The van der Waals surface area contributed by atoms with Crippen LogP contribution in [0.2, 0.25) is 0 Å². The van der Waals surface area contributed by atoms with E-state index >= 15 is 0 Å². The van der Waals surface area contributed by atoms with E-state index in [0.29, 0.717) is 5.92 Å². The van der Waals surface area contributed by atoms with Crippen molar-refractivity contribution in [1.82, 2.24) is 0 Å². The van der Waals surface area contributed by atoms with Crippen molar-refractivity contribution in [3.8, 4) is 46.1 Å². The fraction of sp³-hybridized carbons (Fsp3) is 0.333. The Morgan fingerprint density at radius 2 is 1.25 bits per heavy atom. The molecule has 1 atom stereocenters. The molecule has 0 spiro atoms. The molecule has 1 unspecified atom stereocenters. The van der Waals surface area contributed by atoms with Crippen molar-refractivity contribution < 1.29 is 4.74 Å². The Hall–Kier alpha value is -2.91. The van der Waals surface area contributed by atoms with Gasteiger partial charge in [-0.2, -0.15) is 0 Å². The number of anilines is 3. The molecule has 2 N–H and O–H groups in total. The first kappa shape index (κ1) is 31.1. The first-order valence-electron chi connectivity index (χ1n) is 15.7. The quantitative estimate of drug-likeness (QED) is 0.116. The molecule has 44 heavy (non-hydrogen) atoms. The standard InChI is InChI=1S/C36H41N3OS4/c1-5-8-9-24(7-3)23-40-28-16-12-26(13-17-28)30-19-21-32(42-30)36-34-33(37-44-38-34)35(43-36)31-20-18-29(41-31)25-10-14-27(15-11-25)39(4)22-6-2/h10-21,24,37-38H,5-9,22-23H2,1-4H3. The Labute approximate surface area is 278 Å². The number of fused-ring (bicyclic) bond motifs is 1. The van der Waals surface area contributed by atoms with E-state index in [4.69, 9.17) is 4.74 Å². The summed E-state index contributed by atoms with van der Waals surface area (Å²) in [6.07, 6.45) is 6.09. The highest BCUT2D eigenvalue weighted by Gasteiger charge is 2.26. The van der Waals surface area contributed by atoms with Crippen LogP contribution >= 0.6 is 46.1 Å². The smallest absolute Gasteiger partial charge is 0.119 e. The van der Waals surface area contributed by atoms with Gasteiger partial charge in [-0.3, -0.25) is 0 Å². The summed E-state index contributed by atoms with van der Waals surface area (Å²) in [5.41, 5.74) is 6.16. The van der Waals surface area contributed by atoms with Gasteiger partial charge in [-0.25, -0.2) is 0 Å².